The molecule has 1 aromatic rings. The Balaban J connectivity index is 2.77. The van der Waals surface area contributed by atoms with Crippen LogP contribution in [0.2, 0.25) is 10.6 Å². The van der Waals surface area contributed by atoms with Crippen LogP contribution < -0.4 is 5.32 Å². The van der Waals surface area contributed by atoms with Crippen LogP contribution in [0.15, 0.2) is 0 Å². The molecule has 0 aromatic carbocycles. The van der Waals surface area contributed by atoms with E-state index < -0.39 is 0 Å². The summed E-state index contributed by atoms with van der Waals surface area (Å²) in [4.78, 5) is 11.2. The molecule has 0 aliphatic rings. The lowest BCUT2D eigenvalue weighted by atomic mass is 10.6. The Labute approximate surface area is 85.5 Å². The van der Waals surface area contributed by atoms with Gasteiger partial charge in [-0.1, -0.05) is 0 Å². The lowest BCUT2D eigenvalue weighted by Crippen LogP contribution is -2.19. The van der Waals surface area contributed by atoms with Crippen molar-refractivity contribution in [2.24, 2.45) is 0 Å². The Morgan fingerprint density at radius 1 is 1.23 bits per heavy atom. The fourth-order valence-corrected chi connectivity index (χ4v) is 0.995. The van der Waals surface area contributed by atoms with E-state index in [-0.39, 0.29) is 16.8 Å². The topological polar surface area (TPSA) is 59.9 Å². The summed E-state index contributed by atoms with van der Waals surface area (Å²) in [6.45, 7) is 1.80. The lowest BCUT2D eigenvalue weighted by Gasteiger charge is -2.10. The van der Waals surface area contributed by atoms with Crippen molar-refractivity contribution in [2.75, 3.05) is 12.4 Å². The zero-order valence-corrected chi connectivity index (χ0v) is 8.60. The van der Waals surface area contributed by atoms with Crippen molar-refractivity contribution in [2.45, 2.75) is 13.2 Å². The summed E-state index contributed by atoms with van der Waals surface area (Å²) in [7, 11) is 1.56. The molecule has 0 saturated carbocycles. The van der Waals surface area contributed by atoms with Crippen molar-refractivity contribution in [3.05, 3.63) is 10.6 Å². The second-order valence-electron chi connectivity index (χ2n) is 2.22. The van der Waals surface area contributed by atoms with Crippen LogP contribution in [-0.2, 0) is 4.74 Å². The highest BCUT2D eigenvalue weighted by Crippen LogP contribution is 2.10. The number of hydrogen-bond donors (Lipinski definition) is 1. The summed E-state index contributed by atoms with van der Waals surface area (Å²) in [5, 5.41) is 2.91. The highest BCUT2D eigenvalue weighted by Gasteiger charge is 2.05. The average Bonchev–Trinajstić information content (AvgIpc) is 2.02. The van der Waals surface area contributed by atoms with Crippen molar-refractivity contribution in [1.29, 1.82) is 0 Å². The van der Waals surface area contributed by atoms with Crippen molar-refractivity contribution in [3.63, 3.8) is 0 Å². The van der Waals surface area contributed by atoms with E-state index in [0.717, 1.165) is 0 Å². The zero-order chi connectivity index (χ0) is 9.84. The van der Waals surface area contributed by atoms with E-state index in [9.17, 15) is 0 Å². The number of aromatic nitrogens is 3. The summed E-state index contributed by atoms with van der Waals surface area (Å²) in [5.41, 5.74) is 0. The van der Waals surface area contributed by atoms with Crippen molar-refractivity contribution >= 4 is 29.2 Å². The normalized spacial score (nSPS) is 12.6. The fourth-order valence-electron chi connectivity index (χ4n) is 0.631. The van der Waals surface area contributed by atoms with Crippen LogP contribution in [0.25, 0.3) is 0 Å². The van der Waals surface area contributed by atoms with Crippen molar-refractivity contribution < 1.29 is 4.74 Å². The third kappa shape index (κ3) is 3.30. The average molecular weight is 223 g/mol. The number of anilines is 1. The van der Waals surface area contributed by atoms with Gasteiger partial charge in [0.1, 0.15) is 6.23 Å². The number of nitrogens with one attached hydrogen (secondary N) is 1. The summed E-state index contributed by atoms with van der Waals surface area (Å²) >= 11 is 11.1. The quantitative estimate of drug-likeness (QED) is 0.788. The number of ether oxygens (including phenoxy) is 1. The standard InChI is InChI=1S/C6H8Cl2N4O/c1-3(13-2)9-6-11-4(7)10-5(8)12-6/h3H,1-2H3,(H,9,10,11,12). The van der Waals surface area contributed by atoms with Gasteiger partial charge in [-0.15, -0.1) is 0 Å². The molecular weight excluding hydrogens is 215 g/mol. The summed E-state index contributed by atoms with van der Waals surface area (Å²) in [5.74, 6) is 0.291. The van der Waals surface area contributed by atoms with E-state index in [1.54, 1.807) is 14.0 Å². The third-order valence-electron chi connectivity index (χ3n) is 1.27. The molecular formula is C6H8Cl2N4O. The molecule has 0 aliphatic carbocycles. The van der Waals surface area contributed by atoms with Gasteiger partial charge in [0.25, 0.3) is 0 Å². The molecule has 1 unspecified atom stereocenters. The zero-order valence-electron chi connectivity index (χ0n) is 7.08. The summed E-state index contributed by atoms with van der Waals surface area (Å²) in [6.07, 6.45) is -0.213. The van der Waals surface area contributed by atoms with Crippen LogP contribution in [0.1, 0.15) is 6.92 Å². The van der Waals surface area contributed by atoms with Crippen LogP contribution in [0.3, 0.4) is 0 Å². The van der Waals surface area contributed by atoms with Gasteiger partial charge in [0.2, 0.25) is 16.5 Å². The maximum absolute atomic E-state index is 5.55. The molecule has 0 spiro atoms. The van der Waals surface area contributed by atoms with Crippen molar-refractivity contribution in [1.82, 2.24) is 15.0 Å². The molecule has 0 fully saturated rings. The Kier molecular flexibility index (Phi) is 3.65. The van der Waals surface area contributed by atoms with Crippen LogP contribution in [0.5, 0.6) is 0 Å². The van der Waals surface area contributed by atoms with E-state index in [0.29, 0.717) is 5.95 Å². The molecule has 13 heavy (non-hydrogen) atoms. The first-order chi connectivity index (χ1) is 6.11. The van der Waals surface area contributed by atoms with E-state index in [1.807, 2.05) is 0 Å². The predicted molar refractivity (Wildman–Crippen MR) is 49.9 cm³/mol. The second-order valence-corrected chi connectivity index (χ2v) is 2.90. The third-order valence-corrected chi connectivity index (χ3v) is 1.60. The first kappa shape index (κ1) is 10.4. The van der Waals surface area contributed by atoms with Gasteiger partial charge in [-0.05, 0) is 30.1 Å². The van der Waals surface area contributed by atoms with Gasteiger partial charge in [-0.25, -0.2) is 0 Å². The highest BCUT2D eigenvalue weighted by molar-refractivity contribution is 6.31. The molecule has 0 bridgehead atoms. The summed E-state index contributed by atoms with van der Waals surface area (Å²) in [6, 6.07) is 0. The maximum atomic E-state index is 5.55. The molecule has 7 heteroatoms. The minimum atomic E-state index is -0.213. The molecule has 72 valence electrons. The fraction of sp³-hybridized carbons (Fsp3) is 0.500. The highest BCUT2D eigenvalue weighted by atomic mass is 35.5. The summed E-state index contributed by atoms with van der Waals surface area (Å²) < 4.78 is 4.94. The second kappa shape index (κ2) is 4.55. The Hall–Kier alpha value is -0.650. The van der Waals surface area contributed by atoms with Crippen LogP contribution >= 0.6 is 23.2 Å². The largest absolute Gasteiger partial charge is 0.362 e. The number of hydrogen-bond acceptors (Lipinski definition) is 5. The van der Waals surface area contributed by atoms with Gasteiger partial charge in [0, 0.05) is 7.11 Å². The van der Waals surface area contributed by atoms with Gasteiger partial charge in [0.05, 0.1) is 0 Å². The van der Waals surface area contributed by atoms with Gasteiger partial charge in [-0.3, -0.25) is 0 Å². The van der Waals surface area contributed by atoms with Gasteiger partial charge < -0.3 is 10.1 Å². The molecule has 1 N–H and O–H groups in total. The molecule has 1 rings (SSSR count). The molecule has 0 saturated heterocycles. The minimum absolute atomic E-state index is 0.0470. The molecule has 0 aliphatic heterocycles. The van der Waals surface area contributed by atoms with Crippen LogP contribution in [-0.4, -0.2) is 28.3 Å². The predicted octanol–water partition coefficient (Wildman–Crippen LogP) is 1.58. The first-order valence-electron chi connectivity index (χ1n) is 3.48. The number of halogens is 2. The number of rotatable bonds is 3. The number of methoxy groups -OCH3 is 1. The SMILES string of the molecule is COC(C)Nc1nc(Cl)nc(Cl)n1. The minimum Gasteiger partial charge on any atom is -0.362 e. The molecule has 5 nitrogen and oxygen atoms in total. The molecule has 0 amide bonds. The van der Waals surface area contributed by atoms with E-state index in [1.165, 1.54) is 0 Å². The van der Waals surface area contributed by atoms with E-state index in [4.69, 9.17) is 27.9 Å². The maximum Gasteiger partial charge on any atom is 0.230 e. The molecule has 1 heterocycles. The number of nitrogens with zero attached hydrogens (tertiary/aromatic N) is 3. The van der Waals surface area contributed by atoms with Gasteiger partial charge in [-0.2, -0.15) is 15.0 Å². The van der Waals surface area contributed by atoms with Gasteiger partial charge >= 0.3 is 0 Å². The Bertz CT molecular complexity index is 276. The Morgan fingerprint density at radius 3 is 2.23 bits per heavy atom. The lowest BCUT2D eigenvalue weighted by molar-refractivity contribution is 0.140. The van der Waals surface area contributed by atoms with Crippen molar-refractivity contribution in [3.8, 4) is 0 Å². The van der Waals surface area contributed by atoms with Gasteiger partial charge in [0.15, 0.2) is 0 Å². The smallest absolute Gasteiger partial charge is 0.230 e. The van der Waals surface area contributed by atoms with Crippen LogP contribution in [0.4, 0.5) is 5.95 Å². The monoisotopic (exact) mass is 222 g/mol. The molecule has 1 atom stereocenters. The van der Waals surface area contributed by atoms with E-state index in [2.05, 4.69) is 20.3 Å². The Morgan fingerprint density at radius 2 is 1.77 bits per heavy atom. The molecule has 1 aromatic heterocycles. The first-order valence-corrected chi connectivity index (χ1v) is 4.24. The molecule has 0 radical (unpaired) electrons. The van der Waals surface area contributed by atoms with Crippen LogP contribution in [0, 0.1) is 0 Å². The van der Waals surface area contributed by atoms with E-state index >= 15 is 0 Å².